The first-order valence-electron chi connectivity index (χ1n) is 4.59. The van der Waals surface area contributed by atoms with Gasteiger partial charge in [-0.05, 0) is 18.1 Å². The predicted molar refractivity (Wildman–Crippen MR) is 66.0 cm³/mol. The maximum atomic E-state index is 10.6. The third-order valence-electron chi connectivity index (χ3n) is 1.69. The molecule has 0 saturated heterocycles. The normalized spacial score (nSPS) is 10.8. The molecule has 0 aliphatic heterocycles. The van der Waals surface area contributed by atoms with Gasteiger partial charge in [0.2, 0.25) is 0 Å². The van der Waals surface area contributed by atoms with E-state index in [9.17, 15) is 4.79 Å². The molecule has 0 radical (unpaired) electrons. The average Bonchev–Trinajstić information content (AvgIpc) is 2.20. The van der Waals surface area contributed by atoms with Gasteiger partial charge in [-0.1, -0.05) is 35.5 Å². The Morgan fingerprint density at radius 3 is 3.13 bits per heavy atom. The van der Waals surface area contributed by atoms with Gasteiger partial charge in [-0.3, -0.25) is 9.78 Å². The summed E-state index contributed by atoms with van der Waals surface area (Å²) in [5.74, 6) is 0.814. The first-order valence-corrected chi connectivity index (χ1v) is 5.96. The summed E-state index contributed by atoms with van der Waals surface area (Å²) < 4.78 is 0. The Kier molecular flexibility index (Phi) is 5.43. The van der Waals surface area contributed by atoms with Crippen molar-refractivity contribution in [3.63, 3.8) is 0 Å². The lowest BCUT2D eigenvalue weighted by molar-refractivity contribution is -0.109. The van der Waals surface area contributed by atoms with E-state index in [2.05, 4.69) is 4.98 Å². The molecule has 0 bridgehead atoms. The van der Waals surface area contributed by atoms with Crippen molar-refractivity contribution in [3.05, 3.63) is 35.1 Å². The number of hydrogen-bond donors (Lipinski definition) is 0. The zero-order chi connectivity index (χ0) is 11.1. The van der Waals surface area contributed by atoms with Crippen LogP contribution in [-0.4, -0.2) is 15.9 Å². The third-order valence-corrected chi connectivity index (χ3v) is 2.85. The van der Waals surface area contributed by atoms with Crippen LogP contribution in [0.2, 0.25) is 5.02 Å². The van der Waals surface area contributed by atoms with Gasteiger partial charge in [0.05, 0.1) is 5.02 Å². The van der Waals surface area contributed by atoms with Crippen LogP contribution in [0.3, 0.4) is 0 Å². The Bertz CT molecular complexity index is 365. The van der Waals surface area contributed by atoms with Gasteiger partial charge in [0, 0.05) is 25.1 Å². The van der Waals surface area contributed by atoms with Crippen molar-refractivity contribution < 1.29 is 4.79 Å². The number of halogens is 1. The SMILES string of the molecule is CC(=O)SCCC=Cc1ccncc1Cl. The van der Waals surface area contributed by atoms with E-state index in [1.54, 1.807) is 19.3 Å². The standard InChI is InChI=1S/C11H12ClNOS/c1-9(14)15-7-3-2-4-10-5-6-13-8-11(10)12/h2,4-6,8H,3,7H2,1H3. The number of rotatable bonds is 4. The largest absolute Gasteiger partial charge is 0.288 e. The van der Waals surface area contributed by atoms with Gasteiger partial charge in [0.15, 0.2) is 5.12 Å². The van der Waals surface area contributed by atoms with E-state index >= 15 is 0 Å². The molecule has 0 aliphatic rings. The first kappa shape index (κ1) is 12.3. The highest BCUT2D eigenvalue weighted by atomic mass is 35.5. The van der Waals surface area contributed by atoms with E-state index in [-0.39, 0.29) is 5.12 Å². The highest BCUT2D eigenvalue weighted by molar-refractivity contribution is 8.13. The van der Waals surface area contributed by atoms with E-state index in [4.69, 9.17) is 11.6 Å². The van der Waals surface area contributed by atoms with Gasteiger partial charge in [-0.25, -0.2) is 0 Å². The number of thioether (sulfide) groups is 1. The second kappa shape index (κ2) is 6.64. The van der Waals surface area contributed by atoms with Gasteiger partial charge >= 0.3 is 0 Å². The van der Waals surface area contributed by atoms with Crippen LogP contribution in [0.1, 0.15) is 18.9 Å². The van der Waals surface area contributed by atoms with Crippen molar-refractivity contribution in [2.45, 2.75) is 13.3 Å². The molecule has 1 aromatic heterocycles. The summed E-state index contributed by atoms with van der Waals surface area (Å²) in [5, 5.41) is 0.804. The van der Waals surface area contributed by atoms with Crippen LogP contribution >= 0.6 is 23.4 Å². The van der Waals surface area contributed by atoms with Crippen LogP contribution in [0.5, 0.6) is 0 Å². The van der Waals surface area contributed by atoms with Gasteiger partial charge in [-0.15, -0.1) is 0 Å². The Labute approximate surface area is 98.7 Å². The zero-order valence-corrected chi connectivity index (χ0v) is 10.0. The van der Waals surface area contributed by atoms with Gasteiger partial charge in [-0.2, -0.15) is 0 Å². The van der Waals surface area contributed by atoms with Crippen LogP contribution in [0.15, 0.2) is 24.5 Å². The lowest BCUT2D eigenvalue weighted by atomic mass is 10.2. The summed E-state index contributed by atoms with van der Waals surface area (Å²) in [6.07, 6.45) is 8.15. The Hall–Kier alpha value is -0.800. The summed E-state index contributed by atoms with van der Waals surface area (Å²) in [6.45, 7) is 1.58. The molecule has 0 saturated carbocycles. The van der Waals surface area contributed by atoms with E-state index < -0.39 is 0 Å². The van der Waals surface area contributed by atoms with Crippen LogP contribution < -0.4 is 0 Å². The van der Waals surface area contributed by atoms with E-state index in [0.29, 0.717) is 5.02 Å². The molecule has 1 rings (SSSR count). The summed E-state index contributed by atoms with van der Waals surface area (Å²) in [5.41, 5.74) is 0.958. The maximum absolute atomic E-state index is 10.6. The smallest absolute Gasteiger partial charge is 0.185 e. The van der Waals surface area contributed by atoms with Crippen molar-refractivity contribution in [3.8, 4) is 0 Å². The molecular formula is C11H12ClNOS. The number of nitrogens with zero attached hydrogens (tertiary/aromatic N) is 1. The van der Waals surface area contributed by atoms with Crippen LogP contribution in [0, 0.1) is 0 Å². The molecule has 0 aliphatic carbocycles. The summed E-state index contributed by atoms with van der Waals surface area (Å²) in [4.78, 5) is 14.5. The molecule has 4 heteroatoms. The van der Waals surface area contributed by atoms with E-state index in [1.165, 1.54) is 11.8 Å². The number of allylic oxidation sites excluding steroid dienone is 1. The monoisotopic (exact) mass is 241 g/mol. The maximum Gasteiger partial charge on any atom is 0.185 e. The lowest BCUT2D eigenvalue weighted by Gasteiger charge is -1.95. The number of pyridine rings is 1. The molecule has 0 aromatic carbocycles. The van der Waals surface area contributed by atoms with Crippen molar-refractivity contribution in [1.82, 2.24) is 4.98 Å². The fourth-order valence-corrected chi connectivity index (χ4v) is 1.73. The fraction of sp³-hybridized carbons (Fsp3) is 0.273. The van der Waals surface area contributed by atoms with Crippen molar-refractivity contribution in [2.24, 2.45) is 0 Å². The van der Waals surface area contributed by atoms with Gasteiger partial charge < -0.3 is 0 Å². The minimum Gasteiger partial charge on any atom is -0.288 e. The molecule has 0 atom stereocenters. The molecule has 0 N–H and O–H groups in total. The van der Waals surface area contributed by atoms with Crippen LogP contribution in [-0.2, 0) is 4.79 Å². The van der Waals surface area contributed by atoms with Crippen molar-refractivity contribution in [1.29, 1.82) is 0 Å². The second-order valence-corrected chi connectivity index (χ2v) is 4.61. The summed E-state index contributed by atoms with van der Waals surface area (Å²) in [7, 11) is 0. The molecule has 0 fully saturated rings. The highest BCUT2D eigenvalue weighted by Gasteiger charge is 1.94. The fourth-order valence-electron chi connectivity index (χ4n) is 1.00. The molecule has 0 amide bonds. The second-order valence-electron chi connectivity index (χ2n) is 2.93. The predicted octanol–water partition coefficient (Wildman–Crippen LogP) is 3.42. The molecule has 1 aromatic rings. The summed E-state index contributed by atoms with van der Waals surface area (Å²) in [6, 6.07) is 1.86. The molecule has 15 heavy (non-hydrogen) atoms. The number of hydrogen-bond acceptors (Lipinski definition) is 3. The lowest BCUT2D eigenvalue weighted by Crippen LogP contribution is -1.83. The van der Waals surface area contributed by atoms with Gasteiger partial charge in [0.1, 0.15) is 0 Å². The molecule has 80 valence electrons. The molecule has 1 heterocycles. The minimum atomic E-state index is 0.158. The molecule has 2 nitrogen and oxygen atoms in total. The Morgan fingerprint density at radius 1 is 1.67 bits per heavy atom. The Morgan fingerprint density at radius 2 is 2.47 bits per heavy atom. The molecular weight excluding hydrogens is 230 g/mol. The zero-order valence-electron chi connectivity index (χ0n) is 8.44. The number of carbonyl (C=O) groups is 1. The van der Waals surface area contributed by atoms with E-state index in [1.807, 2.05) is 18.2 Å². The first-order chi connectivity index (χ1) is 7.20. The molecule has 0 unspecified atom stereocenters. The quantitative estimate of drug-likeness (QED) is 0.757. The third kappa shape index (κ3) is 5.00. The van der Waals surface area contributed by atoms with Crippen LogP contribution in [0.25, 0.3) is 6.08 Å². The average molecular weight is 242 g/mol. The molecule has 0 spiro atoms. The minimum absolute atomic E-state index is 0.158. The summed E-state index contributed by atoms with van der Waals surface area (Å²) >= 11 is 7.25. The van der Waals surface area contributed by atoms with Crippen molar-refractivity contribution >= 4 is 34.6 Å². The topological polar surface area (TPSA) is 30.0 Å². The Balaban J connectivity index is 2.38. The number of aromatic nitrogens is 1. The number of carbonyl (C=O) groups excluding carboxylic acids is 1. The van der Waals surface area contributed by atoms with Gasteiger partial charge in [0.25, 0.3) is 0 Å². The highest BCUT2D eigenvalue weighted by Crippen LogP contribution is 2.15. The van der Waals surface area contributed by atoms with Crippen molar-refractivity contribution in [2.75, 3.05) is 5.75 Å². The van der Waals surface area contributed by atoms with Crippen LogP contribution in [0.4, 0.5) is 0 Å². The van der Waals surface area contributed by atoms with E-state index in [0.717, 1.165) is 17.7 Å².